The second-order valence-electron chi connectivity index (χ2n) is 17.8. The Bertz CT molecular complexity index is 2910. The highest BCUT2D eigenvalue weighted by Gasteiger charge is 2.52. The SMILES string of the molecule is CC.CCCCCCC(C)(C)O.CO/N=C(\NC=O)C1(n2c(C=O)cc3ccccc32)CC1.Cc1cc(-n2nc3c(c2-n2ccn(-c4ccc5cnncc5c4)c2=O)CN(C)CC3)cc(C)c1F. The topological polar surface area (TPSA) is 167 Å². The predicted octanol–water partition coefficient (Wildman–Crippen LogP) is 8.90. The number of hydrogen-bond donors (Lipinski definition) is 2. The Kier molecular flexibility index (Phi) is 16.6. The Morgan fingerprint density at radius 3 is 2.26 bits per heavy atom. The van der Waals surface area contributed by atoms with Crippen molar-refractivity contribution in [3.63, 3.8) is 0 Å². The molecule has 7 aromatic rings. The van der Waals surface area contributed by atoms with Crippen molar-refractivity contribution in [1.29, 1.82) is 0 Å². The average Bonchev–Trinajstić information content (AvgIpc) is 3.70. The molecule has 15 nitrogen and oxygen atoms in total. The number of oxime groups is 1. The molecule has 0 spiro atoms. The van der Waals surface area contributed by atoms with E-state index in [2.05, 4.69) is 39.5 Å². The summed E-state index contributed by atoms with van der Waals surface area (Å²) in [5, 5.41) is 31.4. The number of aromatic nitrogens is 7. The fourth-order valence-corrected chi connectivity index (χ4v) is 8.64. The maximum atomic E-state index is 14.4. The number of fused-ring (bicyclic) bond motifs is 3. The molecule has 1 amide bonds. The zero-order valence-corrected chi connectivity index (χ0v) is 40.8. The van der Waals surface area contributed by atoms with Crippen LogP contribution in [0.5, 0.6) is 0 Å². The van der Waals surface area contributed by atoms with Gasteiger partial charge in [0.15, 0.2) is 12.1 Å². The van der Waals surface area contributed by atoms with E-state index in [1.807, 2.05) is 80.8 Å². The zero-order valence-electron chi connectivity index (χ0n) is 40.8. The minimum Gasteiger partial charge on any atom is -0.398 e. The van der Waals surface area contributed by atoms with E-state index in [-0.39, 0.29) is 11.5 Å². The van der Waals surface area contributed by atoms with Gasteiger partial charge < -0.3 is 24.7 Å². The lowest BCUT2D eigenvalue weighted by atomic mass is 10.0. The fourth-order valence-electron chi connectivity index (χ4n) is 8.64. The summed E-state index contributed by atoms with van der Waals surface area (Å²) in [6.07, 6.45) is 16.6. The van der Waals surface area contributed by atoms with Gasteiger partial charge in [0.25, 0.3) is 0 Å². The van der Waals surface area contributed by atoms with Crippen LogP contribution in [0.4, 0.5) is 4.39 Å². The lowest BCUT2D eigenvalue weighted by Gasteiger charge is -2.22. The first-order valence-electron chi connectivity index (χ1n) is 23.4. The molecule has 3 aromatic carbocycles. The van der Waals surface area contributed by atoms with E-state index in [9.17, 15) is 23.9 Å². The van der Waals surface area contributed by atoms with Gasteiger partial charge in [-0.05, 0) is 102 Å². The van der Waals surface area contributed by atoms with E-state index in [4.69, 9.17) is 9.94 Å². The molecule has 0 unspecified atom stereocenters. The number of unbranched alkanes of at least 4 members (excludes halogenated alkanes) is 3. The Morgan fingerprint density at radius 2 is 1.62 bits per heavy atom. The number of benzene rings is 3. The molecule has 9 rings (SSSR count). The Balaban J connectivity index is 0.000000195. The summed E-state index contributed by atoms with van der Waals surface area (Å²) in [4.78, 5) is 43.0. The third-order valence-electron chi connectivity index (χ3n) is 12.2. The maximum absolute atomic E-state index is 14.4. The molecule has 0 bridgehead atoms. The summed E-state index contributed by atoms with van der Waals surface area (Å²) in [5.41, 5.74) is 4.84. The molecule has 2 N–H and O–H groups in total. The molecule has 0 saturated heterocycles. The van der Waals surface area contributed by atoms with Crippen molar-refractivity contribution in [2.75, 3.05) is 20.7 Å². The van der Waals surface area contributed by atoms with Crippen molar-refractivity contribution in [3.05, 3.63) is 130 Å². The number of carbonyl (C=O) groups is 2. The van der Waals surface area contributed by atoms with Gasteiger partial charge in [0.2, 0.25) is 6.41 Å². The van der Waals surface area contributed by atoms with Crippen LogP contribution >= 0.6 is 0 Å². The van der Waals surface area contributed by atoms with Gasteiger partial charge in [0.1, 0.15) is 24.3 Å². The standard InChI is InChI=1S/C26H24FN7O.C15H15N3O3.C9H20O.C2H6/c1-16-10-21(11-17(2)24(16)27)34-25(22-15-31(3)7-6-23(22)30-34)33-9-8-32(26(33)35)20-5-4-18-13-28-29-14-19(18)12-20;1-21-17-14(16-10-20)15(6-7-15)18-12(9-19)8-11-4-2-3-5-13(11)18;1-4-5-6-7-8-9(2,3)10;1-2/h4-5,8-14H,6-7,15H2,1-3H3;2-5,8-10H,6-7H2,1H3,(H,16,17,20);10H,4-8H2,1-3H3;1-2H3. The van der Waals surface area contributed by atoms with Gasteiger partial charge in [-0.3, -0.25) is 18.7 Å². The van der Waals surface area contributed by atoms with Gasteiger partial charge in [-0.25, -0.2) is 13.9 Å². The Morgan fingerprint density at radius 1 is 0.926 bits per heavy atom. The normalized spacial score (nSPS) is 14.1. The number of halogens is 1. The molecule has 16 heteroatoms. The van der Waals surface area contributed by atoms with Gasteiger partial charge in [0.05, 0.1) is 40.8 Å². The quantitative estimate of drug-likeness (QED) is 0.0378. The molecule has 4 aromatic heterocycles. The Labute approximate surface area is 397 Å². The largest absolute Gasteiger partial charge is 0.398 e. The van der Waals surface area contributed by atoms with Crippen LogP contribution in [0.2, 0.25) is 0 Å². The number of para-hydroxylation sites is 1. The molecule has 0 radical (unpaired) electrons. The molecule has 5 heterocycles. The van der Waals surface area contributed by atoms with Crippen LogP contribution < -0.4 is 11.0 Å². The summed E-state index contributed by atoms with van der Waals surface area (Å²) in [5.74, 6) is 0.882. The molecular weight excluding hydrogens is 864 g/mol. The fraction of sp³-hybridized carbons (Fsp3) is 0.404. The molecule has 0 atom stereocenters. The maximum Gasteiger partial charge on any atom is 0.338 e. The van der Waals surface area contributed by atoms with E-state index in [1.165, 1.54) is 26.4 Å². The molecule has 2 aliphatic rings. The summed E-state index contributed by atoms with van der Waals surface area (Å²) >= 11 is 0. The number of aliphatic hydroxyl groups is 1. The van der Waals surface area contributed by atoms with Gasteiger partial charge in [0, 0.05) is 59.1 Å². The molecule has 1 fully saturated rings. The van der Waals surface area contributed by atoms with Gasteiger partial charge in [-0.1, -0.05) is 75.9 Å². The van der Waals surface area contributed by atoms with Crippen molar-refractivity contribution in [3.8, 4) is 17.2 Å². The monoisotopic (exact) mass is 929 g/mol. The third kappa shape index (κ3) is 11.1. The second-order valence-corrected chi connectivity index (χ2v) is 17.8. The summed E-state index contributed by atoms with van der Waals surface area (Å²) in [6.45, 7) is 15.0. The number of carbonyl (C=O) groups excluding carboxylic acids is 2. The van der Waals surface area contributed by atoms with E-state index < -0.39 is 11.1 Å². The number of imidazole rings is 1. The van der Waals surface area contributed by atoms with Crippen molar-refractivity contribution in [1.82, 2.24) is 43.9 Å². The lowest BCUT2D eigenvalue weighted by Crippen LogP contribution is -2.39. The number of aldehydes is 1. The zero-order chi connectivity index (χ0) is 49.2. The van der Waals surface area contributed by atoms with E-state index in [1.54, 1.807) is 64.6 Å². The van der Waals surface area contributed by atoms with Crippen molar-refractivity contribution >= 4 is 40.2 Å². The van der Waals surface area contributed by atoms with Gasteiger partial charge >= 0.3 is 5.69 Å². The number of likely N-dealkylation sites (N-methyl/N-ethyl adjacent to an activating group) is 1. The first kappa shape index (κ1) is 50.6. The number of aryl methyl sites for hydroxylation is 2. The number of hydrogen-bond acceptors (Lipinski definition) is 10. The number of nitrogens with zero attached hydrogens (tertiary/aromatic N) is 9. The number of rotatable bonds is 13. The smallest absolute Gasteiger partial charge is 0.338 e. The molecule has 1 saturated carbocycles. The number of amidine groups is 1. The van der Waals surface area contributed by atoms with Crippen LogP contribution in [0.1, 0.15) is 112 Å². The molecule has 68 heavy (non-hydrogen) atoms. The molecule has 360 valence electrons. The Hall–Kier alpha value is -6.78. The summed E-state index contributed by atoms with van der Waals surface area (Å²) in [6, 6.07) is 18.9. The van der Waals surface area contributed by atoms with Crippen molar-refractivity contribution < 1.29 is 23.9 Å². The molecule has 1 aliphatic carbocycles. The highest BCUT2D eigenvalue weighted by Crippen LogP contribution is 2.47. The second kappa shape index (κ2) is 22.3. The van der Waals surface area contributed by atoms with Crippen LogP contribution in [0.3, 0.4) is 0 Å². The van der Waals surface area contributed by atoms with Gasteiger partial charge in [-0.2, -0.15) is 15.3 Å². The highest BCUT2D eigenvalue weighted by atomic mass is 19.1. The van der Waals surface area contributed by atoms with E-state index >= 15 is 0 Å². The third-order valence-corrected chi connectivity index (χ3v) is 12.2. The molecule has 1 aliphatic heterocycles. The first-order valence-corrected chi connectivity index (χ1v) is 23.4. The lowest BCUT2D eigenvalue weighted by molar-refractivity contribution is -0.108. The van der Waals surface area contributed by atoms with Gasteiger partial charge in [-0.15, -0.1) is 0 Å². The number of amides is 1. The predicted molar refractivity (Wildman–Crippen MR) is 266 cm³/mol. The van der Waals surface area contributed by atoms with Crippen molar-refractivity contribution in [2.24, 2.45) is 5.16 Å². The van der Waals surface area contributed by atoms with Crippen LogP contribution in [-0.4, -0.2) is 88.5 Å². The molecular formula is C52H65FN10O5. The van der Waals surface area contributed by atoms with Crippen LogP contribution in [0, 0.1) is 19.7 Å². The minimum atomic E-state index is -0.518. The number of nitrogens with one attached hydrogen (secondary N) is 1. The first-order chi connectivity index (χ1) is 32.7. The van der Waals surface area contributed by atoms with Crippen molar-refractivity contribution in [2.45, 2.75) is 118 Å². The van der Waals surface area contributed by atoms with Crippen LogP contribution in [0.15, 0.2) is 95.4 Å². The van der Waals surface area contributed by atoms with Crippen LogP contribution in [-0.2, 0) is 28.1 Å². The minimum absolute atomic E-state index is 0.209. The van der Waals surface area contributed by atoms with Crippen LogP contribution in [0.25, 0.3) is 38.9 Å². The highest BCUT2D eigenvalue weighted by molar-refractivity contribution is 6.01. The van der Waals surface area contributed by atoms with E-state index in [0.717, 1.165) is 89.2 Å². The average molecular weight is 929 g/mol. The summed E-state index contributed by atoms with van der Waals surface area (Å²) < 4.78 is 21.3. The van der Waals surface area contributed by atoms with E-state index in [0.29, 0.717) is 41.4 Å². The summed E-state index contributed by atoms with van der Waals surface area (Å²) in [7, 11) is 3.49.